The van der Waals surface area contributed by atoms with Crippen LogP contribution in [0.3, 0.4) is 0 Å². The average Bonchev–Trinajstić information content (AvgIpc) is 3.20. The van der Waals surface area contributed by atoms with E-state index in [2.05, 4.69) is 15.1 Å². The molecule has 0 amide bonds. The van der Waals surface area contributed by atoms with Crippen LogP contribution < -0.4 is 10.2 Å². The van der Waals surface area contributed by atoms with Gasteiger partial charge in [0.1, 0.15) is 5.82 Å². The lowest BCUT2D eigenvalue weighted by Gasteiger charge is -2.46. The van der Waals surface area contributed by atoms with Crippen LogP contribution in [0.25, 0.3) is 10.2 Å². The van der Waals surface area contributed by atoms with Gasteiger partial charge < -0.3 is 20.2 Å². The Bertz CT molecular complexity index is 1160. The molecule has 0 bridgehead atoms. The van der Waals surface area contributed by atoms with Gasteiger partial charge in [0.05, 0.1) is 28.6 Å². The second-order valence-electron chi connectivity index (χ2n) is 9.37. The number of fused-ring (bicyclic) bond motifs is 1. The van der Waals surface area contributed by atoms with Crippen LogP contribution in [0.4, 0.5) is 15.2 Å². The molecule has 2 N–H and O–H groups in total. The maximum absolute atomic E-state index is 14.9. The van der Waals surface area contributed by atoms with Crippen LogP contribution in [-0.4, -0.2) is 54.3 Å². The van der Waals surface area contributed by atoms with Crippen molar-refractivity contribution >= 4 is 55.6 Å². The highest BCUT2D eigenvalue weighted by Gasteiger charge is 2.36. The number of nitrogens with one attached hydrogen (secondary N) is 1. The first-order valence-corrected chi connectivity index (χ1v) is 13.4. The molecular weight excluding hydrogens is 494 g/mol. The number of aliphatic hydroxyl groups excluding tert-OH is 1. The second kappa shape index (κ2) is 10.2. The number of nitrogens with zero attached hydrogens (tertiary/aromatic N) is 3. The van der Waals surface area contributed by atoms with Crippen LogP contribution >= 0.6 is 34.5 Å². The van der Waals surface area contributed by atoms with E-state index in [1.54, 1.807) is 29.5 Å². The number of halogens is 3. The zero-order valence-corrected chi connectivity index (χ0v) is 21.4. The SMILES string of the molecule is C[C@@H](Nc1c(F)ccc2nc(N3CC(C4CCN(CCO)CC4)C3)sc12)c1ccc(Cl)cc1Cl. The number of aliphatic hydroxyl groups is 1. The van der Waals surface area contributed by atoms with Crippen molar-refractivity contribution in [2.24, 2.45) is 11.8 Å². The third-order valence-corrected chi connectivity index (χ3v) is 8.89. The van der Waals surface area contributed by atoms with Crippen molar-refractivity contribution < 1.29 is 9.50 Å². The lowest BCUT2D eigenvalue weighted by molar-refractivity contribution is 0.114. The summed E-state index contributed by atoms with van der Waals surface area (Å²) < 4.78 is 15.7. The Labute approximate surface area is 213 Å². The minimum Gasteiger partial charge on any atom is -0.395 e. The number of hydrogen-bond donors (Lipinski definition) is 2. The summed E-state index contributed by atoms with van der Waals surface area (Å²) in [5, 5.41) is 14.5. The van der Waals surface area contributed by atoms with Gasteiger partial charge in [-0.05, 0) is 74.5 Å². The maximum atomic E-state index is 14.9. The summed E-state index contributed by atoms with van der Waals surface area (Å²) in [6.07, 6.45) is 2.39. The van der Waals surface area contributed by atoms with Crippen LogP contribution in [0.15, 0.2) is 30.3 Å². The highest BCUT2D eigenvalue weighted by Crippen LogP contribution is 2.41. The van der Waals surface area contributed by atoms with E-state index in [-0.39, 0.29) is 18.5 Å². The van der Waals surface area contributed by atoms with Gasteiger partial charge in [0.25, 0.3) is 0 Å². The molecule has 2 aromatic carbocycles. The predicted molar refractivity (Wildman–Crippen MR) is 140 cm³/mol. The molecule has 2 fully saturated rings. The summed E-state index contributed by atoms with van der Waals surface area (Å²) in [5.41, 5.74) is 2.13. The summed E-state index contributed by atoms with van der Waals surface area (Å²) >= 11 is 13.9. The summed E-state index contributed by atoms with van der Waals surface area (Å²) in [4.78, 5) is 9.48. The standard InChI is InChI=1S/C25H29Cl2FN4OS/c1-15(19-3-2-18(26)12-20(19)27)29-23-21(28)4-5-22-24(23)34-25(30-22)32-13-17(14-32)16-6-8-31(9-7-16)10-11-33/h2-5,12,15-17,29,33H,6-11,13-14H2,1H3/t15-/m1/s1. The first-order chi connectivity index (χ1) is 16.4. The van der Waals surface area contributed by atoms with E-state index in [1.165, 1.54) is 18.9 Å². The molecular formula is C25H29Cl2FN4OS. The van der Waals surface area contributed by atoms with Crippen molar-refractivity contribution in [2.45, 2.75) is 25.8 Å². The van der Waals surface area contributed by atoms with Gasteiger partial charge in [-0.3, -0.25) is 0 Å². The van der Waals surface area contributed by atoms with Crippen molar-refractivity contribution in [2.75, 3.05) is 49.5 Å². The average molecular weight is 524 g/mol. The van der Waals surface area contributed by atoms with E-state index in [1.807, 2.05) is 13.0 Å². The first kappa shape index (κ1) is 24.1. The molecule has 5 rings (SSSR count). The van der Waals surface area contributed by atoms with E-state index in [4.69, 9.17) is 33.3 Å². The maximum Gasteiger partial charge on any atom is 0.186 e. The normalized spacial score (nSPS) is 18.9. The van der Waals surface area contributed by atoms with Crippen LogP contribution in [-0.2, 0) is 0 Å². The lowest BCUT2D eigenvalue weighted by Crippen LogP contribution is -2.52. The Morgan fingerprint density at radius 2 is 1.94 bits per heavy atom. The molecule has 3 aromatic rings. The minimum absolute atomic E-state index is 0.194. The lowest BCUT2D eigenvalue weighted by atomic mass is 9.80. The number of piperidine rings is 1. The van der Waals surface area contributed by atoms with Crippen molar-refractivity contribution in [3.05, 3.63) is 51.8 Å². The smallest absolute Gasteiger partial charge is 0.186 e. The molecule has 182 valence electrons. The number of rotatable bonds is 7. The first-order valence-electron chi connectivity index (χ1n) is 11.8. The molecule has 3 heterocycles. The molecule has 0 spiro atoms. The fraction of sp³-hybridized carbons (Fsp3) is 0.480. The third-order valence-electron chi connectivity index (χ3n) is 7.18. The number of β-amino-alcohol motifs (C(OH)–C–C–N with tert-alkyl or cyclic N) is 1. The Kier molecular flexibility index (Phi) is 7.19. The fourth-order valence-electron chi connectivity index (χ4n) is 5.13. The van der Waals surface area contributed by atoms with Gasteiger partial charge in [0.15, 0.2) is 5.13 Å². The predicted octanol–water partition coefficient (Wildman–Crippen LogP) is 6.06. The van der Waals surface area contributed by atoms with E-state index in [0.29, 0.717) is 21.7 Å². The molecule has 1 aromatic heterocycles. The van der Waals surface area contributed by atoms with Crippen molar-refractivity contribution in [3.8, 4) is 0 Å². The van der Waals surface area contributed by atoms with Crippen LogP contribution in [0, 0.1) is 17.7 Å². The fourth-order valence-corrected chi connectivity index (χ4v) is 6.78. The van der Waals surface area contributed by atoms with Gasteiger partial charge in [-0.2, -0.15) is 0 Å². The quantitative estimate of drug-likeness (QED) is 0.395. The van der Waals surface area contributed by atoms with E-state index < -0.39 is 0 Å². The Balaban J connectivity index is 1.28. The van der Waals surface area contributed by atoms with E-state index >= 15 is 0 Å². The minimum atomic E-state index is -0.296. The molecule has 34 heavy (non-hydrogen) atoms. The number of thiazole rings is 1. The van der Waals surface area contributed by atoms with Gasteiger partial charge in [-0.15, -0.1) is 0 Å². The molecule has 2 saturated heterocycles. The zero-order chi connectivity index (χ0) is 23.8. The monoisotopic (exact) mass is 522 g/mol. The number of benzene rings is 2. The van der Waals surface area contributed by atoms with E-state index in [9.17, 15) is 4.39 Å². The number of likely N-dealkylation sites (tertiary alicyclic amines) is 1. The topological polar surface area (TPSA) is 51.6 Å². The molecule has 9 heteroatoms. The molecule has 2 aliphatic heterocycles. The largest absolute Gasteiger partial charge is 0.395 e. The van der Waals surface area contributed by atoms with Crippen molar-refractivity contribution in [1.82, 2.24) is 9.88 Å². The van der Waals surface area contributed by atoms with Gasteiger partial charge in [-0.1, -0.05) is 40.6 Å². The number of anilines is 2. The van der Waals surface area contributed by atoms with Crippen LogP contribution in [0.2, 0.25) is 10.0 Å². The molecule has 1 atom stereocenters. The van der Waals surface area contributed by atoms with Crippen LogP contribution in [0.1, 0.15) is 31.4 Å². The molecule has 0 saturated carbocycles. The summed E-state index contributed by atoms with van der Waals surface area (Å²) in [5.74, 6) is 1.13. The summed E-state index contributed by atoms with van der Waals surface area (Å²) in [6, 6.07) is 8.40. The molecule has 2 aliphatic rings. The highest BCUT2D eigenvalue weighted by atomic mass is 35.5. The number of aromatic nitrogens is 1. The van der Waals surface area contributed by atoms with E-state index in [0.717, 1.165) is 59.6 Å². The number of hydrogen-bond acceptors (Lipinski definition) is 6. The van der Waals surface area contributed by atoms with Gasteiger partial charge in [-0.25, -0.2) is 9.37 Å². The highest BCUT2D eigenvalue weighted by molar-refractivity contribution is 7.22. The Morgan fingerprint density at radius 3 is 2.65 bits per heavy atom. The van der Waals surface area contributed by atoms with Gasteiger partial charge >= 0.3 is 0 Å². The summed E-state index contributed by atoms with van der Waals surface area (Å²) in [6.45, 7) is 7.15. The van der Waals surface area contributed by atoms with Crippen molar-refractivity contribution in [1.29, 1.82) is 0 Å². The zero-order valence-electron chi connectivity index (χ0n) is 19.1. The van der Waals surface area contributed by atoms with Gasteiger partial charge in [0, 0.05) is 29.7 Å². The Hall–Kier alpha value is -1.64. The summed E-state index contributed by atoms with van der Waals surface area (Å²) in [7, 11) is 0. The van der Waals surface area contributed by atoms with Gasteiger partial charge in [0.2, 0.25) is 0 Å². The van der Waals surface area contributed by atoms with Crippen LogP contribution in [0.5, 0.6) is 0 Å². The molecule has 0 aliphatic carbocycles. The third kappa shape index (κ3) is 4.86. The van der Waals surface area contributed by atoms with Crippen molar-refractivity contribution in [3.63, 3.8) is 0 Å². The Morgan fingerprint density at radius 1 is 1.18 bits per heavy atom. The second-order valence-corrected chi connectivity index (χ2v) is 11.2. The molecule has 0 unspecified atom stereocenters. The molecule has 5 nitrogen and oxygen atoms in total. The molecule has 0 radical (unpaired) electrons.